The van der Waals surface area contributed by atoms with Gasteiger partial charge in [-0.3, -0.25) is 4.79 Å². The van der Waals surface area contributed by atoms with Crippen molar-refractivity contribution in [1.29, 1.82) is 0 Å². The maximum Gasteiger partial charge on any atom is 0.255 e. The molecule has 1 aliphatic rings. The molecule has 136 valence electrons. The molecule has 6 heteroatoms. The fraction of sp³-hybridized carbons (Fsp3) is 0.250. The third-order valence-electron chi connectivity index (χ3n) is 4.40. The highest BCUT2D eigenvalue weighted by Gasteiger charge is 2.23. The second-order valence-corrected chi connectivity index (χ2v) is 7.54. The smallest absolute Gasteiger partial charge is 0.255 e. The molecule has 4 rings (SSSR count). The molecule has 0 radical (unpaired) electrons. The Bertz CT molecular complexity index is 965. The van der Waals surface area contributed by atoms with E-state index in [2.05, 4.69) is 24.0 Å². The lowest BCUT2D eigenvalue weighted by molar-refractivity contribution is 0.108. The van der Waals surface area contributed by atoms with Crippen LogP contribution in [0.25, 0.3) is 11.0 Å². The lowest BCUT2D eigenvalue weighted by Crippen LogP contribution is -2.27. The van der Waals surface area contributed by atoms with Crippen molar-refractivity contribution in [3.63, 3.8) is 0 Å². The summed E-state index contributed by atoms with van der Waals surface area (Å²) in [6.07, 6.45) is 2.53. The zero-order valence-electron chi connectivity index (χ0n) is 14.5. The Balaban J connectivity index is 0.000000167. The van der Waals surface area contributed by atoms with Crippen molar-refractivity contribution in [2.75, 3.05) is 13.6 Å². The Morgan fingerprint density at radius 3 is 2.69 bits per heavy atom. The number of benzene rings is 2. The third kappa shape index (κ3) is 4.07. The number of aryl methyl sites for hydroxylation is 1. The van der Waals surface area contributed by atoms with Gasteiger partial charge in [0.2, 0.25) is 0 Å². The van der Waals surface area contributed by atoms with Crippen LogP contribution in [0, 0.1) is 6.92 Å². The number of carbonyl (C=O) groups excluding carboxylic acids is 1. The van der Waals surface area contributed by atoms with Crippen molar-refractivity contribution >= 4 is 51.0 Å². The van der Waals surface area contributed by atoms with E-state index in [9.17, 15) is 4.79 Å². The topological polar surface area (TPSA) is 33.5 Å². The third-order valence-corrected chi connectivity index (χ3v) is 5.31. The Labute approximate surface area is 167 Å². The Hall–Kier alpha value is -1.52. The fourth-order valence-corrected chi connectivity index (χ4v) is 4.09. The molecule has 0 saturated carbocycles. The molecule has 0 fully saturated rings. The number of carbonyl (C=O) groups is 1. The second kappa shape index (κ2) is 8.01. The van der Waals surface area contributed by atoms with Crippen molar-refractivity contribution < 1.29 is 9.21 Å². The summed E-state index contributed by atoms with van der Waals surface area (Å²) < 4.78 is 5.20. The van der Waals surface area contributed by atoms with Crippen LogP contribution < -0.4 is 0 Å². The van der Waals surface area contributed by atoms with Gasteiger partial charge < -0.3 is 9.32 Å². The van der Waals surface area contributed by atoms with Crippen LogP contribution in [0.15, 0.2) is 41.0 Å². The summed E-state index contributed by atoms with van der Waals surface area (Å²) in [4.78, 5) is 13.4. The van der Waals surface area contributed by atoms with Gasteiger partial charge in [0, 0.05) is 18.5 Å². The standard InChI is InChI=1S/C11H10Cl3NO.C9H8O/c1-15-3-2-7-6(5-15)4-8(12)9(10(7)13)11(14)16;1-7-2-3-8-4-5-10-9(8)6-7/h4H,2-3,5H2,1H3;2-6H,1H3. The molecular formula is C20H18Cl3NO2. The number of furan rings is 1. The highest BCUT2D eigenvalue weighted by Crippen LogP contribution is 2.35. The Morgan fingerprint density at radius 2 is 1.96 bits per heavy atom. The Morgan fingerprint density at radius 1 is 1.19 bits per heavy atom. The maximum absolute atomic E-state index is 11.2. The molecule has 0 aliphatic carbocycles. The van der Waals surface area contributed by atoms with E-state index >= 15 is 0 Å². The summed E-state index contributed by atoms with van der Waals surface area (Å²) in [6, 6.07) is 9.93. The average molecular weight is 411 g/mol. The van der Waals surface area contributed by atoms with Gasteiger partial charge in [-0.25, -0.2) is 0 Å². The lowest BCUT2D eigenvalue weighted by Gasteiger charge is -2.26. The molecule has 0 unspecified atom stereocenters. The van der Waals surface area contributed by atoms with Crippen molar-refractivity contribution in [2.24, 2.45) is 0 Å². The summed E-state index contributed by atoms with van der Waals surface area (Å²) in [5, 5.41) is 1.32. The fourth-order valence-electron chi connectivity index (χ4n) is 3.03. The molecule has 26 heavy (non-hydrogen) atoms. The van der Waals surface area contributed by atoms with E-state index < -0.39 is 5.24 Å². The van der Waals surface area contributed by atoms with Gasteiger partial charge >= 0.3 is 0 Å². The van der Waals surface area contributed by atoms with E-state index in [0.29, 0.717) is 10.0 Å². The summed E-state index contributed by atoms with van der Waals surface area (Å²) in [5.74, 6) is 0. The average Bonchev–Trinajstić information content (AvgIpc) is 3.02. The number of rotatable bonds is 1. The molecule has 3 aromatic rings. The molecular weight excluding hydrogens is 393 g/mol. The number of hydrogen-bond acceptors (Lipinski definition) is 3. The van der Waals surface area contributed by atoms with Gasteiger partial charge in [0.05, 0.1) is 21.9 Å². The van der Waals surface area contributed by atoms with E-state index in [0.717, 1.165) is 36.2 Å². The molecule has 0 N–H and O–H groups in total. The molecule has 1 aliphatic heterocycles. The minimum Gasteiger partial charge on any atom is -0.464 e. The minimum absolute atomic E-state index is 0.230. The van der Waals surface area contributed by atoms with E-state index in [-0.39, 0.29) is 5.56 Å². The monoisotopic (exact) mass is 409 g/mol. The summed E-state index contributed by atoms with van der Waals surface area (Å²) >= 11 is 17.6. The van der Waals surface area contributed by atoms with Gasteiger partial charge in [-0.15, -0.1) is 0 Å². The van der Waals surface area contributed by atoms with Crippen molar-refractivity contribution in [3.05, 3.63) is 68.9 Å². The van der Waals surface area contributed by atoms with Crippen molar-refractivity contribution in [1.82, 2.24) is 4.90 Å². The van der Waals surface area contributed by atoms with Crippen LogP contribution >= 0.6 is 34.8 Å². The first kappa shape index (κ1) is 19.2. The van der Waals surface area contributed by atoms with Crippen LogP contribution in [0.4, 0.5) is 0 Å². The van der Waals surface area contributed by atoms with Crippen molar-refractivity contribution in [3.8, 4) is 0 Å². The minimum atomic E-state index is -0.600. The molecule has 0 atom stereocenters. The van der Waals surface area contributed by atoms with E-state index in [1.165, 1.54) is 10.9 Å². The zero-order valence-corrected chi connectivity index (χ0v) is 16.8. The van der Waals surface area contributed by atoms with Crippen LogP contribution in [-0.2, 0) is 13.0 Å². The number of likely N-dealkylation sites (N-methyl/N-ethyl adjacent to an activating group) is 1. The molecule has 1 aromatic heterocycles. The molecule has 2 aromatic carbocycles. The van der Waals surface area contributed by atoms with Gasteiger partial charge in [0.15, 0.2) is 0 Å². The van der Waals surface area contributed by atoms with Crippen molar-refractivity contribution in [2.45, 2.75) is 19.9 Å². The molecule has 2 heterocycles. The largest absolute Gasteiger partial charge is 0.464 e. The first-order valence-electron chi connectivity index (χ1n) is 8.19. The number of nitrogens with zero attached hydrogens (tertiary/aromatic N) is 1. The van der Waals surface area contributed by atoms with E-state index in [1.54, 1.807) is 12.3 Å². The number of hydrogen-bond donors (Lipinski definition) is 0. The molecule has 0 spiro atoms. The van der Waals surface area contributed by atoms with Crippen LogP contribution in [0.3, 0.4) is 0 Å². The highest BCUT2D eigenvalue weighted by atomic mass is 35.5. The molecule has 0 bridgehead atoms. The summed E-state index contributed by atoms with van der Waals surface area (Å²) in [6.45, 7) is 3.78. The van der Waals surface area contributed by atoms with Gasteiger partial charge in [0.1, 0.15) is 5.58 Å². The number of halogens is 3. The summed E-state index contributed by atoms with van der Waals surface area (Å²) in [7, 11) is 2.03. The zero-order chi connectivity index (χ0) is 18.8. The lowest BCUT2D eigenvalue weighted by atomic mass is 9.97. The van der Waals surface area contributed by atoms with E-state index in [4.69, 9.17) is 39.2 Å². The van der Waals surface area contributed by atoms with E-state index in [1.807, 2.05) is 19.2 Å². The molecule has 0 saturated heterocycles. The van der Waals surface area contributed by atoms with Gasteiger partial charge in [0.25, 0.3) is 5.24 Å². The quantitative estimate of drug-likeness (QED) is 0.454. The SMILES string of the molecule is CN1CCc2c(cc(Cl)c(C(=O)Cl)c2Cl)C1.Cc1ccc2ccoc2c1. The first-order chi connectivity index (χ1) is 12.4. The van der Waals surface area contributed by atoms with Crippen LogP contribution in [0.2, 0.25) is 10.0 Å². The van der Waals surface area contributed by atoms with Crippen LogP contribution in [-0.4, -0.2) is 23.7 Å². The Kier molecular flexibility index (Phi) is 5.93. The number of fused-ring (bicyclic) bond motifs is 2. The maximum atomic E-state index is 11.2. The predicted molar refractivity (Wildman–Crippen MR) is 108 cm³/mol. The highest BCUT2D eigenvalue weighted by molar-refractivity contribution is 6.70. The summed E-state index contributed by atoms with van der Waals surface area (Å²) in [5.41, 5.74) is 4.51. The predicted octanol–water partition coefficient (Wildman–Crippen LogP) is 6.10. The first-order valence-corrected chi connectivity index (χ1v) is 9.32. The van der Waals surface area contributed by atoms with Gasteiger partial charge in [-0.2, -0.15) is 0 Å². The van der Waals surface area contributed by atoms with Gasteiger partial charge in [-0.1, -0.05) is 35.3 Å². The second-order valence-electron chi connectivity index (χ2n) is 6.41. The van der Waals surface area contributed by atoms with Crippen LogP contribution in [0.5, 0.6) is 0 Å². The van der Waals surface area contributed by atoms with Gasteiger partial charge in [-0.05, 0) is 66.9 Å². The molecule has 3 nitrogen and oxygen atoms in total. The van der Waals surface area contributed by atoms with Crippen LogP contribution in [0.1, 0.15) is 27.0 Å². The molecule has 0 amide bonds. The normalized spacial score (nSPS) is 13.9.